The number of carboxylic acid groups (broad SMARTS) is 1. The van der Waals surface area contributed by atoms with E-state index < -0.39 is 6.09 Å². The second-order valence-corrected chi connectivity index (χ2v) is 6.22. The van der Waals surface area contributed by atoms with Crippen molar-refractivity contribution in [3.05, 3.63) is 35.9 Å². The number of piperidine rings is 1. The van der Waals surface area contributed by atoms with Gasteiger partial charge in [0.05, 0.1) is 0 Å². The molecule has 1 unspecified atom stereocenters. The summed E-state index contributed by atoms with van der Waals surface area (Å²) < 4.78 is 0. The van der Waals surface area contributed by atoms with Gasteiger partial charge in [0.15, 0.2) is 0 Å². The predicted molar refractivity (Wildman–Crippen MR) is 79.9 cm³/mol. The molecule has 0 aliphatic carbocycles. The maximum absolute atomic E-state index is 11.1. The Morgan fingerprint density at radius 3 is 2.70 bits per heavy atom. The molecule has 0 saturated carbocycles. The Morgan fingerprint density at radius 2 is 2.10 bits per heavy atom. The van der Waals surface area contributed by atoms with Crippen LogP contribution < -0.4 is 5.32 Å². The number of nitrogens with zero attached hydrogens (tertiary/aromatic N) is 1. The summed E-state index contributed by atoms with van der Waals surface area (Å²) in [4.78, 5) is 12.6. The van der Waals surface area contributed by atoms with Gasteiger partial charge in [0.25, 0.3) is 0 Å². The minimum Gasteiger partial charge on any atom is -0.465 e. The third kappa shape index (κ3) is 3.73. The normalized spacial score (nSPS) is 21.7. The van der Waals surface area contributed by atoms with Gasteiger partial charge in [-0.15, -0.1) is 0 Å². The summed E-state index contributed by atoms with van der Waals surface area (Å²) in [6.07, 6.45) is 1.09. The number of likely N-dealkylation sites (tertiary alicyclic amines) is 1. The van der Waals surface area contributed by atoms with Crippen molar-refractivity contribution in [3.63, 3.8) is 0 Å². The zero-order valence-electron chi connectivity index (χ0n) is 12.3. The van der Waals surface area contributed by atoms with E-state index in [9.17, 15) is 4.79 Å². The molecule has 20 heavy (non-hydrogen) atoms. The minimum atomic E-state index is -0.805. The van der Waals surface area contributed by atoms with Gasteiger partial charge in [-0.3, -0.25) is 0 Å². The van der Waals surface area contributed by atoms with Gasteiger partial charge < -0.3 is 15.3 Å². The monoisotopic (exact) mass is 276 g/mol. The predicted octanol–water partition coefficient (Wildman–Crippen LogP) is 2.60. The van der Waals surface area contributed by atoms with Crippen molar-refractivity contribution >= 4 is 6.09 Å². The third-order valence-electron chi connectivity index (χ3n) is 4.15. The lowest BCUT2D eigenvalue weighted by Gasteiger charge is -2.43. The largest absolute Gasteiger partial charge is 0.465 e. The summed E-state index contributed by atoms with van der Waals surface area (Å²) in [7, 11) is 0. The molecule has 1 amide bonds. The van der Waals surface area contributed by atoms with E-state index >= 15 is 0 Å². The molecule has 1 atom stereocenters. The average molecular weight is 276 g/mol. The van der Waals surface area contributed by atoms with Crippen molar-refractivity contribution in [1.82, 2.24) is 10.2 Å². The van der Waals surface area contributed by atoms with E-state index in [1.54, 1.807) is 0 Å². The highest BCUT2D eigenvalue weighted by Crippen LogP contribution is 2.29. The van der Waals surface area contributed by atoms with E-state index in [4.69, 9.17) is 5.11 Å². The first-order chi connectivity index (χ1) is 9.49. The van der Waals surface area contributed by atoms with E-state index in [1.807, 2.05) is 6.07 Å². The summed E-state index contributed by atoms with van der Waals surface area (Å²) in [5, 5.41) is 12.7. The first kappa shape index (κ1) is 14.9. The van der Waals surface area contributed by atoms with Crippen LogP contribution in [0.4, 0.5) is 4.79 Å². The van der Waals surface area contributed by atoms with E-state index in [1.165, 1.54) is 10.5 Å². The molecule has 1 saturated heterocycles. The Labute approximate surface area is 120 Å². The SMILES string of the molecule is CC1(C)CN(C(=O)O)CCC1NCCc1ccccc1. The van der Waals surface area contributed by atoms with Gasteiger partial charge in [0.2, 0.25) is 0 Å². The molecule has 4 nitrogen and oxygen atoms in total. The third-order valence-corrected chi connectivity index (χ3v) is 4.15. The second-order valence-electron chi connectivity index (χ2n) is 6.22. The Balaban J connectivity index is 1.83. The van der Waals surface area contributed by atoms with Crippen LogP contribution in [0, 0.1) is 5.41 Å². The molecular formula is C16H24N2O2. The van der Waals surface area contributed by atoms with E-state index in [0.717, 1.165) is 19.4 Å². The maximum Gasteiger partial charge on any atom is 0.407 e. The molecule has 1 heterocycles. The minimum absolute atomic E-state index is 0.0205. The molecule has 0 aromatic heterocycles. The molecule has 1 aliphatic rings. The number of hydrogen-bond donors (Lipinski definition) is 2. The number of amides is 1. The fourth-order valence-corrected chi connectivity index (χ4v) is 2.93. The van der Waals surface area contributed by atoms with Crippen molar-refractivity contribution in [1.29, 1.82) is 0 Å². The maximum atomic E-state index is 11.1. The van der Waals surface area contributed by atoms with Gasteiger partial charge in [0, 0.05) is 19.1 Å². The molecule has 1 fully saturated rings. The van der Waals surface area contributed by atoms with Gasteiger partial charge >= 0.3 is 6.09 Å². The topological polar surface area (TPSA) is 52.6 Å². The molecule has 1 aromatic rings. The van der Waals surface area contributed by atoms with Crippen LogP contribution in [-0.2, 0) is 6.42 Å². The molecule has 4 heteroatoms. The molecule has 1 aromatic carbocycles. The molecular weight excluding hydrogens is 252 g/mol. The first-order valence-corrected chi connectivity index (χ1v) is 7.24. The summed E-state index contributed by atoms with van der Waals surface area (Å²) >= 11 is 0. The summed E-state index contributed by atoms with van der Waals surface area (Å²) in [6, 6.07) is 10.8. The number of hydrogen-bond acceptors (Lipinski definition) is 2. The van der Waals surface area contributed by atoms with Gasteiger partial charge in [-0.05, 0) is 30.4 Å². The molecule has 2 N–H and O–H groups in total. The van der Waals surface area contributed by atoms with E-state index in [0.29, 0.717) is 19.1 Å². The summed E-state index contributed by atoms with van der Waals surface area (Å²) in [5.74, 6) is 0. The molecule has 2 rings (SSSR count). The number of rotatable bonds is 4. The number of carbonyl (C=O) groups is 1. The van der Waals surface area contributed by atoms with Crippen molar-refractivity contribution in [2.24, 2.45) is 5.41 Å². The van der Waals surface area contributed by atoms with Crippen LogP contribution in [-0.4, -0.2) is 41.8 Å². The lowest BCUT2D eigenvalue weighted by atomic mass is 9.79. The zero-order chi connectivity index (χ0) is 14.6. The summed E-state index contributed by atoms with van der Waals surface area (Å²) in [5.41, 5.74) is 1.31. The highest BCUT2D eigenvalue weighted by Gasteiger charge is 2.37. The van der Waals surface area contributed by atoms with Crippen LogP contribution in [0.25, 0.3) is 0 Å². The lowest BCUT2D eigenvalue weighted by Crippen LogP contribution is -2.55. The van der Waals surface area contributed by atoms with E-state index in [-0.39, 0.29) is 5.41 Å². The standard InChI is InChI=1S/C16H24N2O2/c1-16(2)12-18(15(19)20)11-9-14(16)17-10-8-13-6-4-3-5-7-13/h3-7,14,17H,8-12H2,1-2H3,(H,19,20). The van der Waals surface area contributed by atoms with Crippen LogP contribution in [0.5, 0.6) is 0 Å². The van der Waals surface area contributed by atoms with Gasteiger partial charge in [-0.25, -0.2) is 4.79 Å². The fourth-order valence-electron chi connectivity index (χ4n) is 2.93. The van der Waals surface area contributed by atoms with Crippen LogP contribution in [0.2, 0.25) is 0 Å². The lowest BCUT2D eigenvalue weighted by molar-refractivity contribution is 0.0708. The molecule has 0 radical (unpaired) electrons. The van der Waals surface area contributed by atoms with E-state index in [2.05, 4.69) is 43.4 Å². The average Bonchev–Trinajstić information content (AvgIpc) is 2.41. The zero-order valence-corrected chi connectivity index (χ0v) is 12.3. The van der Waals surface area contributed by atoms with Gasteiger partial charge in [-0.2, -0.15) is 0 Å². The van der Waals surface area contributed by atoms with Gasteiger partial charge in [0.1, 0.15) is 0 Å². The fraction of sp³-hybridized carbons (Fsp3) is 0.562. The van der Waals surface area contributed by atoms with Crippen molar-refractivity contribution in [3.8, 4) is 0 Å². The van der Waals surface area contributed by atoms with Crippen molar-refractivity contribution < 1.29 is 9.90 Å². The molecule has 1 aliphatic heterocycles. The highest BCUT2D eigenvalue weighted by molar-refractivity contribution is 5.65. The molecule has 110 valence electrons. The van der Waals surface area contributed by atoms with Crippen LogP contribution >= 0.6 is 0 Å². The van der Waals surface area contributed by atoms with Crippen LogP contribution in [0.3, 0.4) is 0 Å². The van der Waals surface area contributed by atoms with Crippen LogP contribution in [0.15, 0.2) is 30.3 Å². The second kappa shape index (κ2) is 6.27. The Bertz CT molecular complexity index is 445. The number of nitrogens with one attached hydrogen (secondary N) is 1. The van der Waals surface area contributed by atoms with Crippen molar-refractivity contribution in [2.75, 3.05) is 19.6 Å². The number of benzene rings is 1. The quantitative estimate of drug-likeness (QED) is 0.888. The Morgan fingerprint density at radius 1 is 1.40 bits per heavy atom. The van der Waals surface area contributed by atoms with Gasteiger partial charge in [-0.1, -0.05) is 44.2 Å². The molecule has 0 spiro atoms. The van der Waals surface area contributed by atoms with Crippen molar-refractivity contribution in [2.45, 2.75) is 32.7 Å². The first-order valence-electron chi connectivity index (χ1n) is 7.24. The Kier molecular flexibility index (Phi) is 4.65. The highest BCUT2D eigenvalue weighted by atomic mass is 16.4. The smallest absolute Gasteiger partial charge is 0.407 e. The van der Waals surface area contributed by atoms with Crippen LogP contribution in [0.1, 0.15) is 25.8 Å². The summed E-state index contributed by atoms with van der Waals surface area (Å²) in [6.45, 7) is 6.45. The molecule has 0 bridgehead atoms. The Hall–Kier alpha value is -1.55.